The molecule has 0 saturated heterocycles. The van der Waals surface area contributed by atoms with E-state index < -0.39 is 0 Å². The molecule has 98 valence electrons. The summed E-state index contributed by atoms with van der Waals surface area (Å²) in [4.78, 5) is 10.8. The van der Waals surface area contributed by atoms with E-state index in [4.69, 9.17) is 10.9 Å². The summed E-state index contributed by atoms with van der Waals surface area (Å²) < 4.78 is 0. The maximum absolute atomic E-state index is 8.53. The average Bonchev–Trinajstić information content (AvgIpc) is 2.43. The number of nitrogens with zero attached hydrogens (tertiary/aromatic N) is 4. The first-order valence-corrected chi connectivity index (χ1v) is 6.22. The normalized spacial score (nSPS) is 15.3. The lowest BCUT2D eigenvalue weighted by atomic mass is 9.96. The standard InChI is InChI=1S/C12H19N5O/c1-17(7-6-11(13)16-18)12-9-4-2-3-5-10(9)14-8-15-12/h8,18H,2-7H2,1H3,(H2,13,16). The molecule has 1 aromatic heterocycles. The molecule has 0 aliphatic heterocycles. The van der Waals surface area contributed by atoms with Crippen molar-refractivity contribution in [2.24, 2.45) is 10.9 Å². The van der Waals surface area contributed by atoms with E-state index >= 15 is 0 Å². The van der Waals surface area contributed by atoms with Crippen molar-refractivity contribution in [2.75, 3.05) is 18.5 Å². The Kier molecular flexibility index (Phi) is 3.96. The summed E-state index contributed by atoms with van der Waals surface area (Å²) in [6, 6.07) is 0. The van der Waals surface area contributed by atoms with Crippen molar-refractivity contribution >= 4 is 11.7 Å². The molecule has 1 aliphatic carbocycles. The smallest absolute Gasteiger partial charge is 0.140 e. The van der Waals surface area contributed by atoms with Crippen molar-refractivity contribution in [3.8, 4) is 0 Å². The number of nitrogens with two attached hydrogens (primary N) is 1. The number of hydrogen-bond donors (Lipinski definition) is 2. The van der Waals surface area contributed by atoms with Gasteiger partial charge in [-0.1, -0.05) is 5.16 Å². The van der Waals surface area contributed by atoms with Crippen LogP contribution in [0.2, 0.25) is 0 Å². The number of aromatic nitrogens is 2. The van der Waals surface area contributed by atoms with Crippen LogP contribution in [0.4, 0.5) is 5.82 Å². The minimum Gasteiger partial charge on any atom is -0.409 e. The van der Waals surface area contributed by atoms with Crippen LogP contribution in [0.25, 0.3) is 0 Å². The third-order valence-corrected chi connectivity index (χ3v) is 3.30. The van der Waals surface area contributed by atoms with Gasteiger partial charge in [0.25, 0.3) is 0 Å². The van der Waals surface area contributed by atoms with E-state index in [1.54, 1.807) is 6.33 Å². The van der Waals surface area contributed by atoms with Crippen LogP contribution >= 0.6 is 0 Å². The first-order valence-electron chi connectivity index (χ1n) is 6.22. The average molecular weight is 249 g/mol. The Labute approximate surface area is 107 Å². The molecule has 1 aromatic rings. The van der Waals surface area contributed by atoms with Gasteiger partial charge in [-0.05, 0) is 25.7 Å². The number of anilines is 1. The number of aryl methyl sites for hydroxylation is 1. The number of rotatable bonds is 4. The van der Waals surface area contributed by atoms with E-state index in [-0.39, 0.29) is 5.84 Å². The highest BCUT2D eigenvalue weighted by Gasteiger charge is 2.17. The van der Waals surface area contributed by atoms with Crippen molar-refractivity contribution in [3.05, 3.63) is 17.6 Å². The Hall–Kier alpha value is -1.85. The predicted molar refractivity (Wildman–Crippen MR) is 70.0 cm³/mol. The number of oxime groups is 1. The van der Waals surface area contributed by atoms with Gasteiger partial charge in [-0.15, -0.1) is 0 Å². The monoisotopic (exact) mass is 249 g/mol. The van der Waals surface area contributed by atoms with Gasteiger partial charge in [-0.2, -0.15) is 0 Å². The molecule has 1 heterocycles. The maximum Gasteiger partial charge on any atom is 0.140 e. The molecule has 0 amide bonds. The van der Waals surface area contributed by atoms with Crippen LogP contribution in [0.1, 0.15) is 30.5 Å². The van der Waals surface area contributed by atoms with Gasteiger partial charge in [0.15, 0.2) is 0 Å². The molecule has 0 spiro atoms. The molecule has 0 unspecified atom stereocenters. The molecule has 1 aliphatic rings. The Morgan fingerprint density at radius 3 is 3.00 bits per heavy atom. The number of hydrogen-bond acceptors (Lipinski definition) is 5. The third kappa shape index (κ3) is 2.69. The fourth-order valence-corrected chi connectivity index (χ4v) is 2.27. The summed E-state index contributed by atoms with van der Waals surface area (Å²) in [7, 11) is 1.97. The molecule has 6 heteroatoms. The summed E-state index contributed by atoms with van der Waals surface area (Å²) in [6.07, 6.45) is 6.63. The van der Waals surface area contributed by atoms with E-state index in [0.717, 1.165) is 18.7 Å². The summed E-state index contributed by atoms with van der Waals surface area (Å²) >= 11 is 0. The minimum absolute atomic E-state index is 0.241. The second kappa shape index (κ2) is 5.66. The fourth-order valence-electron chi connectivity index (χ4n) is 2.27. The summed E-state index contributed by atoms with van der Waals surface area (Å²) in [5.74, 6) is 1.22. The van der Waals surface area contributed by atoms with E-state index in [2.05, 4.69) is 15.1 Å². The molecular weight excluding hydrogens is 230 g/mol. The molecule has 6 nitrogen and oxygen atoms in total. The van der Waals surface area contributed by atoms with Crippen LogP contribution in [0.15, 0.2) is 11.5 Å². The van der Waals surface area contributed by atoms with Gasteiger partial charge >= 0.3 is 0 Å². The van der Waals surface area contributed by atoms with Gasteiger partial charge in [-0.25, -0.2) is 9.97 Å². The molecule has 18 heavy (non-hydrogen) atoms. The van der Waals surface area contributed by atoms with Crippen LogP contribution in [-0.4, -0.2) is 34.6 Å². The van der Waals surface area contributed by atoms with Gasteiger partial charge in [0.1, 0.15) is 18.0 Å². The lowest BCUT2D eigenvalue weighted by Gasteiger charge is -2.24. The Morgan fingerprint density at radius 2 is 2.22 bits per heavy atom. The second-order valence-corrected chi connectivity index (χ2v) is 4.59. The van der Waals surface area contributed by atoms with Crippen molar-refractivity contribution in [2.45, 2.75) is 32.1 Å². The first kappa shape index (κ1) is 12.6. The van der Waals surface area contributed by atoms with Crippen LogP contribution < -0.4 is 10.6 Å². The van der Waals surface area contributed by atoms with Gasteiger partial charge < -0.3 is 15.8 Å². The van der Waals surface area contributed by atoms with Crippen molar-refractivity contribution in [1.29, 1.82) is 0 Å². The zero-order valence-corrected chi connectivity index (χ0v) is 10.6. The van der Waals surface area contributed by atoms with Gasteiger partial charge in [-0.3, -0.25) is 0 Å². The molecule has 0 atom stereocenters. The van der Waals surface area contributed by atoms with Crippen molar-refractivity contribution < 1.29 is 5.21 Å². The largest absolute Gasteiger partial charge is 0.409 e. The van der Waals surface area contributed by atoms with E-state index in [1.807, 2.05) is 11.9 Å². The van der Waals surface area contributed by atoms with E-state index in [9.17, 15) is 0 Å². The second-order valence-electron chi connectivity index (χ2n) is 4.59. The maximum atomic E-state index is 8.53. The summed E-state index contributed by atoms with van der Waals surface area (Å²) in [6.45, 7) is 0.680. The van der Waals surface area contributed by atoms with Gasteiger partial charge in [0.05, 0.1) is 0 Å². The van der Waals surface area contributed by atoms with Crippen LogP contribution in [-0.2, 0) is 12.8 Å². The zero-order chi connectivity index (χ0) is 13.0. The molecule has 2 rings (SSSR count). The van der Waals surface area contributed by atoms with Crippen LogP contribution in [0.5, 0.6) is 0 Å². The topological polar surface area (TPSA) is 87.6 Å². The lowest BCUT2D eigenvalue weighted by Crippen LogP contribution is -2.27. The quantitative estimate of drug-likeness (QED) is 0.359. The third-order valence-electron chi connectivity index (χ3n) is 3.30. The Morgan fingerprint density at radius 1 is 1.44 bits per heavy atom. The highest BCUT2D eigenvalue weighted by Crippen LogP contribution is 2.26. The zero-order valence-electron chi connectivity index (χ0n) is 10.6. The van der Waals surface area contributed by atoms with Crippen molar-refractivity contribution in [3.63, 3.8) is 0 Å². The highest BCUT2D eigenvalue weighted by atomic mass is 16.4. The molecule has 0 bridgehead atoms. The summed E-state index contributed by atoms with van der Waals surface area (Å²) in [5.41, 5.74) is 7.90. The predicted octanol–water partition coefficient (Wildman–Crippen LogP) is 0.928. The molecule has 0 saturated carbocycles. The Bertz CT molecular complexity index is 446. The molecule has 0 radical (unpaired) electrons. The number of fused-ring (bicyclic) bond motifs is 1. The van der Waals surface area contributed by atoms with Gasteiger partial charge in [0, 0.05) is 31.3 Å². The minimum atomic E-state index is 0.241. The van der Waals surface area contributed by atoms with E-state index in [0.29, 0.717) is 13.0 Å². The summed E-state index contributed by atoms with van der Waals surface area (Å²) in [5, 5.41) is 11.5. The SMILES string of the molecule is CN(CCC(N)=NO)c1ncnc2c1CCCC2. The fraction of sp³-hybridized carbons (Fsp3) is 0.583. The highest BCUT2D eigenvalue weighted by molar-refractivity contribution is 5.80. The van der Waals surface area contributed by atoms with E-state index in [1.165, 1.54) is 24.1 Å². The van der Waals surface area contributed by atoms with Gasteiger partial charge in [0.2, 0.25) is 0 Å². The van der Waals surface area contributed by atoms with Crippen LogP contribution in [0, 0.1) is 0 Å². The first-order chi connectivity index (χ1) is 8.72. The number of amidine groups is 1. The molecule has 3 N–H and O–H groups in total. The molecular formula is C12H19N5O. The van der Waals surface area contributed by atoms with Crippen LogP contribution in [0.3, 0.4) is 0 Å². The lowest BCUT2D eigenvalue weighted by molar-refractivity contribution is 0.317. The molecule has 0 aromatic carbocycles. The van der Waals surface area contributed by atoms with Crippen molar-refractivity contribution in [1.82, 2.24) is 9.97 Å². The molecule has 0 fully saturated rings. The Balaban J connectivity index is 2.12.